The topological polar surface area (TPSA) is 12.9 Å². The van der Waals surface area contributed by atoms with Crippen LogP contribution >= 0.6 is 11.6 Å². The second-order valence-corrected chi connectivity index (χ2v) is 2.23. The zero-order chi connectivity index (χ0) is 6.69. The highest BCUT2D eigenvalue weighted by Crippen LogP contribution is 2.03. The van der Waals surface area contributed by atoms with E-state index in [2.05, 4.69) is 12.8 Å². The lowest BCUT2D eigenvalue weighted by molar-refractivity contribution is 1.25. The lowest BCUT2D eigenvalue weighted by atomic mass is 9.99. The number of hydrogen-bond donors (Lipinski definition) is 0. The maximum Gasteiger partial charge on any atom is 0.129 e. The molecule has 1 aromatic rings. The van der Waals surface area contributed by atoms with Crippen molar-refractivity contribution < 1.29 is 0 Å². The van der Waals surface area contributed by atoms with Crippen LogP contribution in [0.2, 0.25) is 5.15 Å². The fourth-order valence-corrected chi connectivity index (χ4v) is 0.727. The number of hydrogen-bond acceptors (Lipinski definition) is 1. The summed E-state index contributed by atoms with van der Waals surface area (Å²) in [5.74, 6) is 0. The van der Waals surface area contributed by atoms with Crippen molar-refractivity contribution in [2.45, 2.75) is 6.32 Å². The molecule has 0 aliphatic rings. The van der Waals surface area contributed by atoms with Crippen LogP contribution in [0.3, 0.4) is 0 Å². The molecule has 1 heterocycles. The standard InChI is InChI=1S/C6H7BClN/c7-3-5-1-2-6(8)9-4-5/h1-2,4H,3,7H2. The quantitative estimate of drug-likeness (QED) is 0.416. The Bertz CT molecular complexity index is 185. The summed E-state index contributed by atoms with van der Waals surface area (Å²) in [5, 5.41) is 0.562. The van der Waals surface area contributed by atoms with Gasteiger partial charge in [0.1, 0.15) is 13.0 Å². The molecule has 9 heavy (non-hydrogen) atoms. The summed E-state index contributed by atoms with van der Waals surface area (Å²) in [6.07, 6.45) is 2.81. The van der Waals surface area contributed by atoms with E-state index in [1.165, 1.54) is 5.56 Å². The zero-order valence-corrected chi connectivity index (χ0v) is 6.02. The monoisotopic (exact) mass is 139 g/mol. The van der Waals surface area contributed by atoms with Gasteiger partial charge in [0, 0.05) is 6.20 Å². The van der Waals surface area contributed by atoms with E-state index in [1.54, 1.807) is 12.3 Å². The molecule has 0 radical (unpaired) electrons. The third-order valence-corrected chi connectivity index (χ3v) is 1.42. The van der Waals surface area contributed by atoms with Gasteiger partial charge in [0.15, 0.2) is 0 Å². The minimum atomic E-state index is 0.562. The second-order valence-electron chi connectivity index (χ2n) is 1.84. The highest BCUT2D eigenvalue weighted by molar-refractivity contribution is 6.29. The summed E-state index contributed by atoms with van der Waals surface area (Å²) < 4.78 is 0. The number of aromatic nitrogens is 1. The minimum Gasteiger partial charge on any atom is -0.244 e. The predicted octanol–water partition coefficient (Wildman–Crippen LogP) is 0.868. The van der Waals surface area contributed by atoms with Gasteiger partial charge < -0.3 is 0 Å². The predicted molar refractivity (Wildman–Crippen MR) is 41.5 cm³/mol. The molecule has 3 heteroatoms. The highest BCUT2D eigenvalue weighted by atomic mass is 35.5. The van der Waals surface area contributed by atoms with Gasteiger partial charge in [0.25, 0.3) is 0 Å². The summed E-state index contributed by atoms with van der Waals surface area (Å²) in [5.41, 5.74) is 1.22. The van der Waals surface area contributed by atoms with Crippen LogP contribution in [0.25, 0.3) is 0 Å². The molecule has 0 N–H and O–H groups in total. The molecule has 0 aliphatic carbocycles. The summed E-state index contributed by atoms with van der Waals surface area (Å²) in [4.78, 5) is 3.92. The van der Waals surface area contributed by atoms with Crippen LogP contribution in [-0.4, -0.2) is 12.8 Å². The molecule has 46 valence electrons. The summed E-state index contributed by atoms with van der Waals surface area (Å²) in [6, 6.07) is 3.79. The molecule has 0 amide bonds. The number of pyridine rings is 1. The molecular formula is C6H7BClN. The van der Waals surface area contributed by atoms with Crippen molar-refractivity contribution >= 4 is 19.4 Å². The summed E-state index contributed by atoms with van der Waals surface area (Å²) in [6.45, 7) is 0. The largest absolute Gasteiger partial charge is 0.244 e. The average Bonchev–Trinajstić information content (AvgIpc) is 1.90. The second kappa shape index (κ2) is 2.88. The van der Waals surface area contributed by atoms with Gasteiger partial charge in [-0.3, -0.25) is 0 Å². The molecule has 0 bridgehead atoms. The van der Waals surface area contributed by atoms with Crippen molar-refractivity contribution in [3.63, 3.8) is 0 Å². The van der Waals surface area contributed by atoms with E-state index in [0.717, 1.165) is 6.32 Å². The first-order chi connectivity index (χ1) is 4.33. The Morgan fingerprint density at radius 2 is 2.33 bits per heavy atom. The van der Waals surface area contributed by atoms with Gasteiger partial charge in [-0.25, -0.2) is 4.98 Å². The van der Waals surface area contributed by atoms with Crippen LogP contribution in [0.5, 0.6) is 0 Å². The summed E-state index contributed by atoms with van der Waals surface area (Å²) in [7, 11) is 2.09. The van der Waals surface area contributed by atoms with E-state index in [4.69, 9.17) is 11.6 Å². The van der Waals surface area contributed by atoms with Crippen molar-refractivity contribution in [2.75, 3.05) is 0 Å². The molecule has 0 aromatic carbocycles. The van der Waals surface area contributed by atoms with Gasteiger partial charge in [0.05, 0.1) is 0 Å². The van der Waals surface area contributed by atoms with Gasteiger partial charge in [-0.1, -0.05) is 24.0 Å². The highest BCUT2D eigenvalue weighted by Gasteiger charge is 1.87. The third-order valence-electron chi connectivity index (χ3n) is 1.20. The SMILES string of the molecule is BCc1ccc(Cl)nc1. The molecular weight excluding hydrogens is 132 g/mol. The van der Waals surface area contributed by atoms with E-state index in [9.17, 15) is 0 Å². The zero-order valence-electron chi connectivity index (χ0n) is 5.26. The van der Waals surface area contributed by atoms with Crippen LogP contribution in [0.1, 0.15) is 5.56 Å². The average molecular weight is 139 g/mol. The van der Waals surface area contributed by atoms with Crippen molar-refractivity contribution in [3.05, 3.63) is 29.0 Å². The number of halogens is 1. The molecule has 0 fully saturated rings. The van der Waals surface area contributed by atoms with Crippen molar-refractivity contribution in [2.24, 2.45) is 0 Å². The molecule has 0 saturated carbocycles. The molecule has 0 unspecified atom stereocenters. The van der Waals surface area contributed by atoms with Crippen molar-refractivity contribution in [1.82, 2.24) is 4.98 Å². The van der Waals surface area contributed by atoms with Gasteiger partial charge in [-0.15, -0.1) is 0 Å². The van der Waals surface area contributed by atoms with E-state index in [0.29, 0.717) is 5.15 Å². The Balaban J connectivity index is 2.88. The Kier molecular flexibility index (Phi) is 2.12. The van der Waals surface area contributed by atoms with E-state index in [-0.39, 0.29) is 0 Å². The Morgan fingerprint density at radius 3 is 2.78 bits per heavy atom. The first kappa shape index (κ1) is 6.62. The first-order valence-corrected chi connectivity index (χ1v) is 3.31. The van der Waals surface area contributed by atoms with Crippen LogP contribution in [0.15, 0.2) is 18.3 Å². The molecule has 0 aliphatic heterocycles. The maximum atomic E-state index is 5.56. The van der Waals surface area contributed by atoms with Gasteiger partial charge in [-0.2, -0.15) is 0 Å². The lowest BCUT2D eigenvalue weighted by Gasteiger charge is -1.92. The van der Waals surface area contributed by atoms with E-state index in [1.807, 2.05) is 6.07 Å². The van der Waals surface area contributed by atoms with Crippen LogP contribution in [0, 0.1) is 0 Å². The fraction of sp³-hybridized carbons (Fsp3) is 0.167. The van der Waals surface area contributed by atoms with Crippen LogP contribution < -0.4 is 0 Å². The Labute approximate surface area is 60.5 Å². The molecule has 1 nitrogen and oxygen atoms in total. The summed E-state index contributed by atoms with van der Waals surface area (Å²) >= 11 is 5.56. The van der Waals surface area contributed by atoms with E-state index < -0.39 is 0 Å². The number of nitrogens with zero attached hydrogens (tertiary/aromatic N) is 1. The van der Waals surface area contributed by atoms with Crippen molar-refractivity contribution in [3.8, 4) is 0 Å². The fourth-order valence-electron chi connectivity index (χ4n) is 0.616. The molecule has 1 aromatic heterocycles. The molecule has 1 rings (SSSR count). The first-order valence-electron chi connectivity index (χ1n) is 2.93. The lowest BCUT2D eigenvalue weighted by Crippen LogP contribution is -1.83. The van der Waals surface area contributed by atoms with Crippen LogP contribution in [-0.2, 0) is 6.32 Å². The maximum absolute atomic E-state index is 5.56. The molecule has 0 atom stereocenters. The van der Waals surface area contributed by atoms with E-state index >= 15 is 0 Å². The Morgan fingerprint density at radius 1 is 1.56 bits per heavy atom. The Hall–Kier alpha value is -0.495. The van der Waals surface area contributed by atoms with Crippen molar-refractivity contribution in [1.29, 1.82) is 0 Å². The van der Waals surface area contributed by atoms with Gasteiger partial charge in [0.2, 0.25) is 0 Å². The smallest absolute Gasteiger partial charge is 0.129 e. The number of rotatable bonds is 1. The van der Waals surface area contributed by atoms with Gasteiger partial charge >= 0.3 is 0 Å². The van der Waals surface area contributed by atoms with Crippen LogP contribution in [0.4, 0.5) is 0 Å². The minimum absolute atomic E-state index is 0.562. The third kappa shape index (κ3) is 1.72. The molecule has 0 spiro atoms. The molecule has 0 saturated heterocycles. The van der Waals surface area contributed by atoms with Gasteiger partial charge in [-0.05, 0) is 11.6 Å². The normalized spacial score (nSPS) is 9.44.